The van der Waals surface area contributed by atoms with Gasteiger partial charge in [-0.2, -0.15) is 0 Å². The maximum absolute atomic E-state index is 13.9. The highest BCUT2D eigenvalue weighted by atomic mass is 16.5. The van der Waals surface area contributed by atoms with E-state index in [4.69, 9.17) is 9.15 Å². The third kappa shape index (κ3) is 4.59. The van der Waals surface area contributed by atoms with E-state index in [0.717, 1.165) is 35.5 Å². The van der Waals surface area contributed by atoms with E-state index in [9.17, 15) is 4.79 Å². The lowest BCUT2D eigenvalue weighted by atomic mass is 9.96. The Morgan fingerprint density at radius 2 is 1.47 bits per heavy atom. The van der Waals surface area contributed by atoms with Crippen molar-refractivity contribution in [1.29, 1.82) is 0 Å². The van der Waals surface area contributed by atoms with Crippen LogP contribution in [-0.4, -0.2) is 53.6 Å². The summed E-state index contributed by atoms with van der Waals surface area (Å²) in [6, 6.07) is 33.1. The molecule has 2 aromatic heterocycles. The minimum Gasteiger partial charge on any atom is -0.496 e. The molecule has 192 valence electrons. The number of nitrogens with zero attached hydrogens (tertiary/aromatic N) is 3. The zero-order valence-corrected chi connectivity index (χ0v) is 21.5. The zero-order valence-electron chi connectivity index (χ0n) is 21.5. The van der Waals surface area contributed by atoms with Crippen LogP contribution in [0.5, 0.6) is 5.75 Å². The molecule has 0 unspecified atom stereocenters. The summed E-state index contributed by atoms with van der Waals surface area (Å²) in [7, 11) is 1.67. The van der Waals surface area contributed by atoms with Gasteiger partial charge in [0.15, 0.2) is 5.58 Å². The molecular weight excluding hydrogens is 474 g/mol. The Balaban J connectivity index is 1.24. The van der Waals surface area contributed by atoms with Gasteiger partial charge >= 0.3 is 0 Å². The molecule has 6 nitrogen and oxygen atoms in total. The fourth-order valence-electron chi connectivity index (χ4n) is 5.56. The van der Waals surface area contributed by atoms with Crippen molar-refractivity contribution in [1.82, 2.24) is 14.4 Å². The molecule has 0 atom stereocenters. The number of hydrogen-bond donors (Lipinski definition) is 0. The van der Waals surface area contributed by atoms with Crippen LogP contribution in [0.3, 0.4) is 0 Å². The predicted octanol–water partition coefficient (Wildman–Crippen LogP) is 5.84. The Bertz CT molecular complexity index is 1480. The number of hydrogen-bond acceptors (Lipinski definition) is 4. The van der Waals surface area contributed by atoms with E-state index in [1.54, 1.807) is 13.4 Å². The van der Waals surface area contributed by atoms with Gasteiger partial charge in [0.1, 0.15) is 11.4 Å². The Morgan fingerprint density at radius 3 is 2.13 bits per heavy atom. The normalized spacial score (nSPS) is 14.3. The standard InChI is InChI=1S/C32H31N3O3/c1-37-29-15-9-8-14-26(29)23-35-27-16-21-38-30(27)22-28(35)32(36)34-19-17-33(18-20-34)31(24-10-4-2-5-11-24)25-12-6-3-7-13-25/h2-16,21-22,31H,17-20,23H2,1H3. The Hall–Kier alpha value is -4.29. The maximum Gasteiger partial charge on any atom is 0.270 e. The van der Waals surface area contributed by atoms with Crippen molar-refractivity contribution in [2.75, 3.05) is 33.3 Å². The molecule has 1 fully saturated rings. The van der Waals surface area contributed by atoms with Crippen LogP contribution < -0.4 is 4.74 Å². The Morgan fingerprint density at radius 1 is 0.842 bits per heavy atom. The van der Waals surface area contributed by atoms with Crippen molar-refractivity contribution >= 4 is 17.0 Å². The van der Waals surface area contributed by atoms with Crippen LogP contribution in [0.2, 0.25) is 0 Å². The molecule has 1 aliphatic heterocycles. The van der Waals surface area contributed by atoms with Crippen LogP contribution >= 0.6 is 0 Å². The lowest BCUT2D eigenvalue weighted by Crippen LogP contribution is -2.50. The van der Waals surface area contributed by atoms with Gasteiger partial charge in [0.2, 0.25) is 0 Å². The van der Waals surface area contributed by atoms with E-state index < -0.39 is 0 Å². The Kier molecular flexibility index (Phi) is 6.71. The molecule has 0 radical (unpaired) electrons. The van der Waals surface area contributed by atoms with Crippen molar-refractivity contribution in [3.8, 4) is 5.75 Å². The molecule has 0 aliphatic carbocycles. The number of amides is 1. The number of fused-ring (bicyclic) bond motifs is 1. The fraction of sp³-hybridized carbons (Fsp3) is 0.219. The second kappa shape index (κ2) is 10.6. The van der Waals surface area contributed by atoms with Crippen LogP contribution in [0, 0.1) is 0 Å². The van der Waals surface area contributed by atoms with Gasteiger partial charge in [-0.05, 0) is 17.2 Å². The average molecular weight is 506 g/mol. The molecular formula is C32H31N3O3. The SMILES string of the molecule is COc1ccccc1Cn1c(C(=O)N2CCN(C(c3ccccc3)c3ccccc3)CC2)cc2occc21. The van der Waals surface area contributed by atoms with Gasteiger partial charge in [0.25, 0.3) is 5.91 Å². The van der Waals surface area contributed by atoms with E-state index >= 15 is 0 Å². The summed E-state index contributed by atoms with van der Waals surface area (Å²) in [5.74, 6) is 0.833. The molecule has 38 heavy (non-hydrogen) atoms. The molecule has 1 amide bonds. The first-order valence-corrected chi connectivity index (χ1v) is 13.0. The predicted molar refractivity (Wildman–Crippen MR) is 149 cm³/mol. The minimum absolute atomic E-state index is 0.0296. The number of methoxy groups -OCH3 is 1. The number of rotatable bonds is 7. The second-order valence-electron chi connectivity index (χ2n) is 9.65. The van der Waals surface area contributed by atoms with Crippen LogP contribution in [-0.2, 0) is 6.54 Å². The molecule has 0 saturated carbocycles. The molecule has 6 heteroatoms. The van der Waals surface area contributed by atoms with Gasteiger partial charge in [-0.1, -0.05) is 78.9 Å². The lowest BCUT2D eigenvalue weighted by Gasteiger charge is -2.39. The third-order valence-electron chi connectivity index (χ3n) is 7.46. The van der Waals surface area contributed by atoms with Gasteiger partial charge in [0.05, 0.1) is 31.5 Å². The largest absolute Gasteiger partial charge is 0.496 e. The summed E-state index contributed by atoms with van der Waals surface area (Å²) < 4.78 is 13.3. The van der Waals surface area contributed by atoms with Crippen molar-refractivity contribution < 1.29 is 13.9 Å². The summed E-state index contributed by atoms with van der Waals surface area (Å²) in [5, 5.41) is 0. The number of piperazine rings is 1. The van der Waals surface area contributed by atoms with Gasteiger partial charge < -0.3 is 18.6 Å². The number of carbonyl (C=O) groups excluding carboxylic acids is 1. The highest BCUT2D eigenvalue weighted by Gasteiger charge is 2.30. The first-order chi connectivity index (χ1) is 18.7. The highest BCUT2D eigenvalue weighted by molar-refractivity contribution is 5.97. The van der Waals surface area contributed by atoms with Crippen LogP contribution in [0.4, 0.5) is 0 Å². The maximum atomic E-state index is 13.9. The van der Waals surface area contributed by atoms with Gasteiger partial charge in [-0.15, -0.1) is 0 Å². The summed E-state index contributed by atoms with van der Waals surface area (Å²) in [6.45, 7) is 3.44. The number of benzene rings is 3. The molecule has 0 N–H and O–H groups in total. The van der Waals surface area contributed by atoms with Crippen LogP contribution in [0.25, 0.3) is 11.1 Å². The molecule has 3 heterocycles. The monoisotopic (exact) mass is 505 g/mol. The molecule has 5 aromatic rings. The third-order valence-corrected chi connectivity index (χ3v) is 7.46. The molecule has 6 rings (SSSR count). The van der Waals surface area contributed by atoms with Gasteiger partial charge in [-0.25, -0.2) is 0 Å². The van der Waals surface area contributed by atoms with E-state index in [0.29, 0.717) is 25.3 Å². The minimum atomic E-state index is 0.0296. The Labute approximate surface area is 222 Å². The number of ether oxygens (including phenoxy) is 1. The highest BCUT2D eigenvalue weighted by Crippen LogP contribution is 2.31. The smallest absolute Gasteiger partial charge is 0.270 e. The van der Waals surface area contributed by atoms with Gasteiger partial charge in [-0.3, -0.25) is 9.69 Å². The summed E-state index contributed by atoms with van der Waals surface area (Å²) >= 11 is 0. The molecule has 1 saturated heterocycles. The first-order valence-electron chi connectivity index (χ1n) is 13.0. The topological polar surface area (TPSA) is 50.9 Å². The molecule has 0 bridgehead atoms. The number of aromatic nitrogens is 1. The summed E-state index contributed by atoms with van der Waals surface area (Å²) in [6.07, 6.45) is 1.67. The number of para-hydroxylation sites is 1. The molecule has 3 aromatic carbocycles. The lowest BCUT2D eigenvalue weighted by molar-refractivity contribution is 0.0588. The van der Waals surface area contributed by atoms with Crippen molar-refractivity contribution in [2.24, 2.45) is 0 Å². The zero-order chi connectivity index (χ0) is 25.9. The number of carbonyl (C=O) groups is 1. The summed E-state index contributed by atoms with van der Waals surface area (Å²) in [4.78, 5) is 18.3. The molecule has 0 spiro atoms. The van der Waals surface area contributed by atoms with E-state index in [1.165, 1.54) is 11.1 Å². The van der Waals surface area contributed by atoms with Crippen molar-refractivity contribution in [2.45, 2.75) is 12.6 Å². The first kappa shape index (κ1) is 24.1. The van der Waals surface area contributed by atoms with E-state index in [1.807, 2.05) is 45.9 Å². The quantitative estimate of drug-likeness (QED) is 0.279. The average Bonchev–Trinajstić information content (AvgIpc) is 3.57. The van der Waals surface area contributed by atoms with E-state index in [-0.39, 0.29) is 11.9 Å². The van der Waals surface area contributed by atoms with E-state index in [2.05, 4.69) is 65.6 Å². The van der Waals surface area contributed by atoms with Crippen molar-refractivity contribution in [3.05, 3.63) is 126 Å². The molecule has 1 aliphatic rings. The van der Waals surface area contributed by atoms with Gasteiger partial charge in [0, 0.05) is 43.9 Å². The second-order valence-corrected chi connectivity index (χ2v) is 9.65. The summed E-state index contributed by atoms with van der Waals surface area (Å²) in [5.41, 5.74) is 5.82. The fourth-order valence-corrected chi connectivity index (χ4v) is 5.56. The van der Waals surface area contributed by atoms with Crippen molar-refractivity contribution in [3.63, 3.8) is 0 Å². The number of furan rings is 1. The van der Waals surface area contributed by atoms with Crippen LogP contribution in [0.15, 0.2) is 108 Å². The van der Waals surface area contributed by atoms with Crippen LogP contribution in [0.1, 0.15) is 33.2 Å².